The van der Waals surface area contributed by atoms with E-state index in [4.69, 9.17) is 9.47 Å². The topological polar surface area (TPSA) is 47.6 Å². The zero-order valence-electron chi connectivity index (χ0n) is 12.3. The Hall–Kier alpha value is -1.07. The first kappa shape index (κ1) is 15.3. The highest BCUT2D eigenvalue weighted by Crippen LogP contribution is 2.35. The number of benzene rings is 1. The summed E-state index contributed by atoms with van der Waals surface area (Å²) in [7, 11) is 0.946. The number of fused-ring (bicyclic) bond motifs is 1. The smallest absolute Gasteiger partial charge is 0.124 e. The van der Waals surface area contributed by atoms with Crippen molar-refractivity contribution in [3.63, 3.8) is 0 Å². The molecule has 112 valence electrons. The minimum absolute atomic E-state index is 0.272. The highest BCUT2D eigenvalue weighted by molar-refractivity contribution is 7.84. The molecule has 0 fully saturated rings. The molecule has 0 amide bonds. The average Bonchev–Trinajstić information content (AvgIpc) is 2.45. The fourth-order valence-corrected chi connectivity index (χ4v) is 3.13. The van der Waals surface area contributed by atoms with Gasteiger partial charge in [-0.25, -0.2) is 0 Å². The minimum atomic E-state index is -0.728. The third-order valence-corrected chi connectivity index (χ3v) is 4.39. The van der Waals surface area contributed by atoms with E-state index in [1.165, 1.54) is 0 Å². The largest absolute Gasteiger partial charge is 0.497 e. The molecule has 1 aromatic carbocycles. The monoisotopic (exact) mass is 297 g/mol. The predicted molar refractivity (Wildman–Crippen MR) is 82.0 cm³/mol. The minimum Gasteiger partial charge on any atom is -0.497 e. The fourth-order valence-electron chi connectivity index (χ4n) is 2.44. The predicted octanol–water partition coefficient (Wildman–Crippen LogP) is 2.27. The van der Waals surface area contributed by atoms with Crippen LogP contribution in [0, 0.1) is 0 Å². The molecule has 1 aliphatic heterocycles. The summed E-state index contributed by atoms with van der Waals surface area (Å²) in [4.78, 5) is 0. The zero-order valence-corrected chi connectivity index (χ0v) is 13.2. The van der Waals surface area contributed by atoms with Crippen LogP contribution in [-0.4, -0.2) is 36.0 Å². The molecule has 1 aromatic rings. The van der Waals surface area contributed by atoms with Gasteiger partial charge in [0.15, 0.2) is 0 Å². The van der Waals surface area contributed by atoms with Crippen LogP contribution in [-0.2, 0) is 10.8 Å². The maximum atomic E-state index is 11.2. The van der Waals surface area contributed by atoms with E-state index in [1.54, 1.807) is 13.4 Å². The lowest BCUT2D eigenvalue weighted by molar-refractivity contribution is 0.244. The van der Waals surface area contributed by atoms with E-state index in [1.807, 2.05) is 18.2 Å². The molecule has 0 radical (unpaired) electrons. The van der Waals surface area contributed by atoms with E-state index in [0.717, 1.165) is 42.3 Å². The van der Waals surface area contributed by atoms with E-state index in [-0.39, 0.29) is 6.04 Å². The molecule has 1 N–H and O–H groups in total. The van der Waals surface area contributed by atoms with Gasteiger partial charge in [-0.3, -0.25) is 4.21 Å². The van der Waals surface area contributed by atoms with Crippen molar-refractivity contribution in [2.75, 3.05) is 25.7 Å². The summed E-state index contributed by atoms with van der Waals surface area (Å²) in [5.41, 5.74) is 1.15. The first-order valence-corrected chi connectivity index (χ1v) is 8.69. The Morgan fingerprint density at radius 2 is 2.35 bits per heavy atom. The van der Waals surface area contributed by atoms with E-state index in [0.29, 0.717) is 6.04 Å². The molecule has 0 saturated heterocycles. The van der Waals surface area contributed by atoms with Gasteiger partial charge in [0, 0.05) is 46.9 Å². The van der Waals surface area contributed by atoms with Gasteiger partial charge < -0.3 is 14.8 Å². The second-order valence-corrected chi connectivity index (χ2v) is 6.78. The molecule has 4 nitrogen and oxygen atoms in total. The van der Waals surface area contributed by atoms with E-state index in [9.17, 15) is 4.21 Å². The normalized spacial score (nSPS) is 20.6. The second kappa shape index (κ2) is 7.09. The molecule has 5 heteroatoms. The summed E-state index contributed by atoms with van der Waals surface area (Å²) in [5, 5.41) is 3.61. The van der Waals surface area contributed by atoms with Crippen molar-refractivity contribution in [3.8, 4) is 11.5 Å². The van der Waals surface area contributed by atoms with Gasteiger partial charge in [-0.2, -0.15) is 0 Å². The Balaban J connectivity index is 2.05. The second-order valence-electron chi connectivity index (χ2n) is 5.23. The van der Waals surface area contributed by atoms with Gasteiger partial charge in [-0.15, -0.1) is 0 Å². The van der Waals surface area contributed by atoms with Crippen molar-refractivity contribution >= 4 is 10.8 Å². The summed E-state index contributed by atoms with van der Waals surface area (Å²) in [5.74, 6) is 2.52. The standard InChI is InChI=1S/C15H23NO3S/c1-11(7-9-20(3)17)16-14-6-8-19-15-5-4-12(18-2)10-13(14)15/h4-5,10-11,14,16H,6-9H2,1-3H3. The third kappa shape index (κ3) is 3.96. The van der Waals surface area contributed by atoms with Crippen LogP contribution < -0.4 is 14.8 Å². The Kier molecular flexibility index (Phi) is 5.43. The summed E-state index contributed by atoms with van der Waals surface area (Å²) in [6.07, 6.45) is 3.61. The lowest BCUT2D eigenvalue weighted by Crippen LogP contribution is -2.34. The lowest BCUT2D eigenvalue weighted by Gasteiger charge is -2.29. The van der Waals surface area contributed by atoms with E-state index < -0.39 is 10.8 Å². The summed E-state index contributed by atoms with van der Waals surface area (Å²) in [6.45, 7) is 2.87. The molecule has 3 atom stereocenters. The molecular formula is C15H23NO3S. The molecule has 0 aromatic heterocycles. The number of methoxy groups -OCH3 is 1. The molecule has 0 aliphatic carbocycles. The van der Waals surface area contributed by atoms with E-state index >= 15 is 0 Å². The SMILES string of the molecule is COc1ccc2c(c1)C(NC(C)CCS(C)=O)CCO2. The maximum Gasteiger partial charge on any atom is 0.124 e. The van der Waals surface area contributed by atoms with Crippen LogP contribution in [0.1, 0.15) is 31.4 Å². The van der Waals surface area contributed by atoms with E-state index in [2.05, 4.69) is 12.2 Å². The molecule has 0 saturated carbocycles. The highest BCUT2D eigenvalue weighted by Gasteiger charge is 2.23. The highest BCUT2D eigenvalue weighted by atomic mass is 32.2. The number of rotatable bonds is 6. The van der Waals surface area contributed by atoms with Crippen molar-refractivity contribution in [2.45, 2.75) is 31.8 Å². The third-order valence-electron chi connectivity index (χ3n) is 3.58. The van der Waals surface area contributed by atoms with Crippen molar-refractivity contribution in [1.82, 2.24) is 5.32 Å². The molecule has 20 heavy (non-hydrogen) atoms. The first-order chi connectivity index (χ1) is 9.60. The van der Waals surface area contributed by atoms with Crippen molar-refractivity contribution < 1.29 is 13.7 Å². The van der Waals surface area contributed by atoms with Gasteiger partial charge >= 0.3 is 0 Å². The number of ether oxygens (including phenoxy) is 2. The molecule has 2 rings (SSSR count). The Morgan fingerprint density at radius 3 is 3.05 bits per heavy atom. The van der Waals surface area contributed by atoms with Crippen LogP contribution in [0.5, 0.6) is 11.5 Å². The molecule has 0 bridgehead atoms. The van der Waals surface area contributed by atoms with Gasteiger partial charge in [-0.05, 0) is 31.5 Å². The van der Waals surface area contributed by atoms with Gasteiger partial charge in [0.25, 0.3) is 0 Å². The molecule has 3 unspecified atom stereocenters. The number of nitrogens with one attached hydrogen (secondary N) is 1. The zero-order chi connectivity index (χ0) is 14.5. The molecule has 1 heterocycles. The van der Waals surface area contributed by atoms with Crippen molar-refractivity contribution in [3.05, 3.63) is 23.8 Å². The molecular weight excluding hydrogens is 274 g/mol. The van der Waals surface area contributed by atoms with Crippen LogP contribution in [0.15, 0.2) is 18.2 Å². The summed E-state index contributed by atoms with van der Waals surface area (Å²) in [6, 6.07) is 6.53. The average molecular weight is 297 g/mol. The van der Waals surface area contributed by atoms with Crippen molar-refractivity contribution in [1.29, 1.82) is 0 Å². The fraction of sp³-hybridized carbons (Fsp3) is 0.600. The maximum absolute atomic E-state index is 11.2. The number of hydrogen-bond donors (Lipinski definition) is 1. The van der Waals surface area contributed by atoms with Gasteiger partial charge in [0.1, 0.15) is 11.5 Å². The molecule has 0 spiro atoms. The molecule has 1 aliphatic rings. The Bertz CT molecular complexity index is 478. The van der Waals surface area contributed by atoms with Crippen LogP contribution in [0.25, 0.3) is 0 Å². The lowest BCUT2D eigenvalue weighted by atomic mass is 9.99. The van der Waals surface area contributed by atoms with Crippen molar-refractivity contribution in [2.24, 2.45) is 0 Å². The van der Waals surface area contributed by atoms with Crippen LogP contribution >= 0.6 is 0 Å². The summed E-state index contributed by atoms with van der Waals surface area (Å²) < 4.78 is 22.1. The van der Waals surface area contributed by atoms with Gasteiger partial charge in [0.2, 0.25) is 0 Å². The van der Waals surface area contributed by atoms with Crippen LogP contribution in [0.3, 0.4) is 0 Å². The Labute approximate surface area is 123 Å². The van der Waals surface area contributed by atoms with Crippen LogP contribution in [0.2, 0.25) is 0 Å². The quantitative estimate of drug-likeness (QED) is 0.875. The summed E-state index contributed by atoms with van der Waals surface area (Å²) >= 11 is 0. The first-order valence-electron chi connectivity index (χ1n) is 6.97. The Morgan fingerprint density at radius 1 is 1.55 bits per heavy atom. The number of hydrogen-bond acceptors (Lipinski definition) is 4. The van der Waals surface area contributed by atoms with Gasteiger partial charge in [-0.1, -0.05) is 0 Å². The van der Waals surface area contributed by atoms with Crippen LogP contribution in [0.4, 0.5) is 0 Å². The van der Waals surface area contributed by atoms with Gasteiger partial charge in [0.05, 0.1) is 13.7 Å².